The molecule has 1 amide bonds. The summed E-state index contributed by atoms with van der Waals surface area (Å²) in [6.45, 7) is 1.78. The highest BCUT2D eigenvalue weighted by Crippen LogP contribution is 2.16. The fourth-order valence-corrected chi connectivity index (χ4v) is 1.72. The fourth-order valence-electron chi connectivity index (χ4n) is 1.72. The predicted molar refractivity (Wildman–Crippen MR) is 61.5 cm³/mol. The highest BCUT2D eigenvalue weighted by molar-refractivity contribution is 6.64. The second kappa shape index (κ2) is 4.77. The zero-order valence-electron chi connectivity index (χ0n) is 9.73. The van der Waals surface area contributed by atoms with Gasteiger partial charge < -0.3 is 15.0 Å². The Labute approximate surface area is 103 Å². The molecule has 0 saturated carbocycles. The zero-order chi connectivity index (χ0) is 13.3. The Kier molecular flexibility index (Phi) is 3.33. The van der Waals surface area contributed by atoms with E-state index in [1.165, 1.54) is 12.1 Å². The van der Waals surface area contributed by atoms with E-state index in [4.69, 9.17) is 15.0 Å². The molecule has 0 bridgehead atoms. The van der Waals surface area contributed by atoms with Crippen LogP contribution >= 0.6 is 0 Å². The van der Waals surface area contributed by atoms with Gasteiger partial charge in [-0.15, -0.1) is 0 Å². The van der Waals surface area contributed by atoms with Crippen LogP contribution in [0.1, 0.15) is 29.3 Å². The molecule has 7 heteroatoms. The van der Waals surface area contributed by atoms with Crippen LogP contribution in [0.25, 0.3) is 0 Å². The number of rotatable bonds is 3. The first kappa shape index (κ1) is 12.6. The smallest absolute Gasteiger partial charge is 0.506 e. The van der Waals surface area contributed by atoms with Crippen LogP contribution in [0.4, 0.5) is 4.39 Å². The van der Waals surface area contributed by atoms with Gasteiger partial charge in [0.05, 0.1) is 12.2 Å². The standard InChI is InChI=1S/C11H11BFNO4/c1-2-10(15)18-12-8-4-7(11(14)16)9(13)3-6(8)5-17-12/h3-4H,2,5H2,1H3,(H2,14,16). The maximum absolute atomic E-state index is 13.5. The molecule has 0 unspecified atom stereocenters. The molecule has 1 aliphatic heterocycles. The number of primary amides is 1. The molecule has 18 heavy (non-hydrogen) atoms. The Hall–Kier alpha value is -1.89. The second-order valence-corrected chi connectivity index (χ2v) is 3.88. The number of benzene rings is 1. The van der Waals surface area contributed by atoms with Gasteiger partial charge in [0.2, 0.25) is 0 Å². The Morgan fingerprint density at radius 2 is 2.28 bits per heavy atom. The number of hydrogen-bond acceptors (Lipinski definition) is 4. The molecule has 1 aromatic carbocycles. The first-order valence-corrected chi connectivity index (χ1v) is 5.46. The maximum atomic E-state index is 13.5. The van der Waals surface area contributed by atoms with E-state index in [-0.39, 0.29) is 18.6 Å². The van der Waals surface area contributed by atoms with E-state index in [9.17, 15) is 14.0 Å². The van der Waals surface area contributed by atoms with E-state index in [0.29, 0.717) is 11.0 Å². The second-order valence-electron chi connectivity index (χ2n) is 3.88. The van der Waals surface area contributed by atoms with Gasteiger partial charge in [0.1, 0.15) is 5.82 Å². The van der Waals surface area contributed by atoms with Gasteiger partial charge in [-0.3, -0.25) is 9.59 Å². The lowest BCUT2D eigenvalue weighted by Gasteiger charge is -2.08. The van der Waals surface area contributed by atoms with E-state index in [1.54, 1.807) is 6.92 Å². The number of carbonyl (C=O) groups excluding carboxylic acids is 2. The highest BCUT2D eigenvalue weighted by Gasteiger charge is 2.35. The van der Waals surface area contributed by atoms with Gasteiger partial charge in [-0.25, -0.2) is 4.39 Å². The lowest BCUT2D eigenvalue weighted by Crippen LogP contribution is -2.35. The Morgan fingerprint density at radius 1 is 1.56 bits per heavy atom. The summed E-state index contributed by atoms with van der Waals surface area (Å²) in [5.74, 6) is -2.01. The van der Waals surface area contributed by atoms with Gasteiger partial charge in [-0.1, -0.05) is 6.92 Å². The monoisotopic (exact) mass is 251 g/mol. The largest absolute Gasteiger partial charge is 0.565 e. The van der Waals surface area contributed by atoms with Gasteiger partial charge in [0, 0.05) is 11.9 Å². The molecule has 1 aromatic rings. The Bertz CT molecular complexity index is 520. The third kappa shape index (κ3) is 2.21. The minimum absolute atomic E-state index is 0.132. The van der Waals surface area contributed by atoms with Crippen molar-refractivity contribution in [2.75, 3.05) is 0 Å². The topological polar surface area (TPSA) is 78.6 Å². The van der Waals surface area contributed by atoms with E-state index >= 15 is 0 Å². The third-order valence-corrected chi connectivity index (χ3v) is 2.67. The first-order valence-electron chi connectivity index (χ1n) is 5.46. The molecular formula is C11H11BFNO4. The molecule has 5 nitrogen and oxygen atoms in total. The minimum Gasteiger partial charge on any atom is -0.506 e. The highest BCUT2D eigenvalue weighted by atomic mass is 19.1. The van der Waals surface area contributed by atoms with Crippen LogP contribution in [0, 0.1) is 5.82 Å². The van der Waals surface area contributed by atoms with E-state index in [0.717, 1.165) is 0 Å². The molecule has 0 atom stereocenters. The Balaban J connectivity index is 2.34. The lowest BCUT2D eigenvalue weighted by atomic mass is 9.78. The summed E-state index contributed by atoms with van der Waals surface area (Å²) in [7, 11) is -0.897. The maximum Gasteiger partial charge on any atom is 0.565 e. The summed E-state index contributed by atoms with van der Waals surface area (Å²) >= 11 is 0. The molecule has 94 valence electrons. The molecule has 0 spiro atoms. The average Bonchev–Trinajstić information content (AvgIpc) is 2.70. The normalized spacial score (nSPS) is 13.3. The van der Waals surface area contributed by atoms with E-state index in [2.05, 4.69) is 0 Å². The van der Waals surface area contributed by atoms with Crippen LogP contribution in [-0.2, 0) is 20.7 Å². The number of carbonyl (C=O) groups is 2. The van der Waals surface area contributed by atoms with Gasteiger partial charge in [0.25, 0.3) is 11.9 Å². The molecule has 2 N–H and O–H groups in total. The summed E-state index contributed by atoms with van der Waals surface area (Å²) in [5.41, 5.74) is 5.83. The number of halogens is 1. The van der Waals surface area contributed by atoms with Crippen molar-refractivity contribution in [2.24, 2.45) is 5.73 Å². The van der Waals surface area contributed by atoms with Crippen LogP contribution in [0.2, 0.25) is 0 Å². The van der Waals surface area contributed by atoms with Gasteiger partial charge in [0.15, 0.2) is 0 Å². The minimum atomic E-state index is -0.897. The molecule has 0 radical (unpaired) electrons. The van der Waals surface area contributed by atoms with Crippen molar-refractivity contribution >= 4 is 24.5 Å². The number of nitrogens with two attached hydrogens (primary N) is 1. The fraction of sp³-hybridized carbons (Fsp3) is 0.273. The van der Waals surface area contributed by atoms with Crippen LogP contribution < -0.4 is 11.2 Å². The molecule has 1 heterocycles. The van der Waals surface area contributed by atoms with Crippen LogP contribution in [0.3, 0.4) is 0 Å². The molecular weight excluding hydrogens is 240 g/mol. The summed E-state index contributed by atoms with van der Waals surface area (Å²) in [4.78, 5) is 22.2. The van der Waals surface area contributed by atoms with Crippen molar-refractivity contribution in [3.8, 4) is 0 Å². The van der Waals surface area contributed by atoms with Crippen LogP contribution in [0.15, 0.2) is 12.1 Å². The van der Waals surface area contributed by atoms with Crippen LogP contribution in [0.5, 0.6) is 0 Å². The number of hydrogen-bond donors (Lipinski definition) is 1. The van der Waals surface area contributed by atoms with Crippen molar-refractivity contribution in [3.05, 3.63) is 29.1 Å². The zero-order valence-corrected chi connectivity index (χ0v) is 9.73. The molecule has 1 aliphatic rings. The predicted octanol–water partition coefficient (Wildman–Crippen LogP) is 0.103. The molecule has 2 rings (SSSR count). The van der Waals surface area contributed by atoms with Gasteiger partial charge in [-0.05, 0) is 17.7 Å². The van der Waals surface area contributed by atoms with Crippen molar-refractivity contribution in [1.82, 2.24) is 0 Å². The van der Waals surface area contributed by atoms with Crippen molar-refractivity contribution in [1.29, 1.82) is 0 Å². The first-order chi connectivity index (χ1) is 8.52. The van der Waals surface area contributed by atoms with E-state index in [1.807, 2.05) is 0 Å². The lowest BCUT2D eigenvalue weighted by molar-refractivity contribution is -0.135. The van der Waals surface area contributed by atoms with Crippen LogP contribution in [-0.4, -0.2) is 19.0 Å². The third-order valence-electron chi connectivity index (χ3n) is 2.67. The summed E-state index contributed by atoms with van der Waals surface area (Å²) in [5, 5.41) is 0. The SMILES string of the molecule is CCC(=O)OB1OCc2cc(F)c(C(N)=O)cc21. The molecule has 0 fully saturated rings. The van der Waals surface area contributed by atoms with Crippen molar-refractivity contribution < 1.29 is 23.3 Å². The molecule has 0 aromatic heterocycles. The Morgan fingerprint density at radius 3 is 2.89 bits per heavy atom. The molecule has 0 aliphatic carbocycles. The summed E-state index contributed by atoms with van der Waals surface area (Å²) < 4.78 is 23.7. The van der Waals surface area contributed by atoms with Gasteiger partial charge in [-0.2, -0.15) is 0 Å². The van der Waals surface area contributed by atoms with Crippen molar-refractivity contribution in [3.63, 3.8) is 0 Å². The molecule has 0 saturated heterocycles. The average molecular weight is 251 g/mol. The summed E-state index contributed by atoms with van der Waals surface area (Å²) in [6, 6.07) is 2.45. The summed E-state index contributed by atoms with van der Waals surface area (Å²) in [6.07, 6.45) is 0.207. The quantitative estimate of drug-likeness (QED) is 0.773. The number of amides is 1. The van der Waals surface area contributed by atoms with Crippen molar-refractivity contribution in [2.45, 2.75) is 20.0 Å². The van der Waals surface area contributed by atoms with Gasteiger partial charge >= 0.3 is 7.12 Å². The van der Waals surface area contributed by atoms with E-state index < -0.39 is 24.8 Å². The number of fused-ring (bicyclic) bond motifs is 1.